The van der Waals surface area contributed by atoms with Crippen molar-refractivity contribution < 1.29 is 0 Å². The van der Waals surface area contributed by atoms with Crippen molar-refractivity contribution in [3.05, 3.63) is 57.8 Å². The van der Waals surface area contributed by atoms with Gasteiger partial charge < -0.3 is 0 Å². The smallest absolute Gasteiger partial charge is 0.129 e. The average molecular weight is 340 g/mol. The van der Waals surface area contributed by atoms with E-state index in [0.29, 0.717) is 15.9 Å². The van der Waals surface area contributed by atoms with E-state index in [4.69, 9.17) is 34.8 Å². The number of aromatic nitrogens is 2. The van der Waals surface area contributed by atoms with Crippen LogP contribution in [0.25, 0.3) is 16.7 Å². The van der Waals surface area contributed by atoms with Crippen molar-refractivity contribution in [3.8, 4) is 5.69 Å². The highest BCUT2D eigenvalue weighted by atomic mass is 35.5. The number of aryl methyl sites for hydroxylation is 1. The molecule has 3 aromatic rings. The largest absolute Gasteiger partial charge is 0.295 e. The van der Waals surface area contributed by atoms with E-state index in [1.807, 2.05) is 18.2 Å². The maximum Gasteiger partial charge on any atom is 0.129 e. The fraction of sp³-hybridized carbons (Fsp3) is 0.188. The van der Waals surface area contributed by atoms with E-state index in [9.17, 15) is 0 Å². The summed E-state index contributed by atoms with van der Waals surface area (Å²) in [5, 5.41) is 1.01. The molecule has 0 radical (unpaired) electrons. The van der Waals surface area contributed by atoms with Crippen molar-refractivity contribution in [2.75, 3.05) is 0 Å². The Morgan fingerprint density at radius 1 is 1.10 bits per heavy atom. The number of hydrogen-bond acceptors (Lipinski definition) is 1. The fourth-order valence-corrected chi connectivity index (χ4v) is 3.00. The van der Waals surface area contributed by atoms with Crippen LogP contribution in [0.3, 0.4) is 0 Å². The molecule has 5 heteroatoms. The maximum absolute atomic E-state index is 6.17. The van der Waals surface area contributed by atoms with Crippen LogP contribution in [0.1, 0.15) is 18.3 Å². The lowest BCUT2D eigenvalue weighted by atomic mass is 10.1. The fourth-order valence-electron chi connectivity index (χ4n) is 2.51. The van der Waals surface area contributed by atoms with Crippen molar-refractivity contribution in [1.82, 2.24) is 9.55 Å². The highest BCUT2D eigenvalue weighted by molar-refractivity contribution is 6.42. The van der Waals surface area contributed by atoms with Crippen molar-refractivity contribution in [2.45, 2.75) is 19.2 Å². The summed E-state index contributed by atoms with van der Waals surface area (Å²) in [7, 11) is 0. The van der Waals surface area contributed by atoms with Gasteiger partial charge in [-0.1, -0.05) is 48.3 Å². The number of fused-ring (bicyclic) bond motifs is 1. The number of benzene rings is 2. The molecule has 1 aromatic heterocycles. The summed E-state index contributed by atoms with van der Waals surface area (Å²) >= 11 is 18.3. The molecule has 21 heavy (non-hydrogen) atoms. The van der Waals surface area contributed by atoms with Gasteiger partial charge in [-0.05, 0) is 30.2 Å². The summed E-state index contributed by atoms with van der Waals surface area (Å²) in [4.78, 5) is 4.57. The third-order valence-electron chi connectivity index (χ3n) is 3.50. The Morgan fingerprint density at radius 3 is 2.52 bits per heavy atom. The normalized spacial score (nSPS) is 11.2. The Hall–Kier alpha value is -1.22. The lowest BCUT2D eigenvalue weighted by molar-refractivity contribution is 0.955. The molecule has 0 fully saturated rings. The van der Waals surface area contributed by atoms with E-state index in [0.717, 1.165) is 29.0 Å². The lowest BCUT2D eigenvalue weighted by Crippen LogP contribution is -2.02. The minimum absolute atomic E-state index is 0.321. The van der Waals surface area contributed by atoms with Crippen LogP contribution < -0.4 is 0 Å². The van der Waals surface area contributed by atoms with Crippen LogP contribution in [0.4, 0.5) is 0 Å². The molecule has 1 heterocycles. The summed E-state index contributed by atoms with van der Waals surface area (Å²) in [5.74, 6) is 1.10. The molecule has 0 unspecified atom stereocenters. The number of nitrogens with zero attached hydrogens (tertiary/aromatic N) is 2. The molecule has 2 nitrogen and oxygen atoms in total. The Bertz CT molecular complexity index is 809. The van der Waals surface area contributed by atoms with Gasteiger partial charge in [-0.3, -0.25) is 4.57 Å². The van der Waals surface area contributed by atoms with Crippen molar-refractivity contribution in [3.63, 3.8) is 0 Å². The Balaban J connectivity index is 2.37. The van der Waals surface area contributed by atoms with Crippen LogP contribution in [0, 0.1) is 0 Å². The van der Waals surface area contributed by atoms with Gasteiger partial charge in [-0.2, -0.15) is 0 Å². The predicted molar refractivity (Wildman–Crippen MR) is 90.0 cm³/mol. The molecule has 2 aromatic carbocycles. The summed E-state index contributed by atoms with van der Waals surface area (Å²) in [6, 6.07) is 11.8. The van der Waals surface area contributed by atoms with Crippen LogP contribution in [0.2, 0.25) is 10.0 Å². The molecule has 0 N–H and O–H groups in total. The highest BCUT2D eigenvalue weighted by Gasteiger charge is 2.15. The topological polar surface area (TPSA) is 17.8 Å². The first-order valence-electron chi connectivity index (χ1n) is 6.66. The molecule has 0 saturated heterocycles. The summed E-state index contributed by atoms with van der Waals surface area (Å²) in [6.07, 6.45) is 0.929. The lowest BCUT2D eigenvalue weighted by Gasteiger charge is -2.12. The summed E-state index contributed by atoms with van der Waals surface area (Å²) < 4.78 is 2.06. The number of para-hydroxylation sites is 1. The van der Waals surface area contributed by atoms with E-state index in [1.54, 1.807) is 6.07 Å². The number of alkyl halides is 1. The van der Waals surface area contributed by atoms with E-state index in [1.165, 1.54) is 5.56 Å². The standard InChI is InChI=1S/C16H13Cl3N2/c1-2-10-5-3-4-6-14(10)21-15-8-12(19)11(18)7-13(15)20-16(21)9-17/h3-8H,2,9H2,1H3. The van der Waals surface area contributed by atoms with Crippen molar-refractivity contribution in [1.29, 1.82) is 0 Å². The van der Waals surface area contributed by atoms with Crippen molar-refractivity contribution >= 4 is 45.8 Å². The molecule has 3 rings (SSSR count). The maximum atomic E-state index is 6.17. The van der Waals surface area contributed by atoms with Crippen LogP contribution in [0.5, 0.6) is 0 Å². The van der Waals surface area contributed by atoms with Gasteiger partial charge in [0, 0.05) is 0 Å². The molecule has 0 spiro atoms. The van der Waals surface area contributed by atoms with Gasteiger partial charge in [0.2, 0.25) is 0 Å². The third kappa shape index (κ3) is 2.52. The first-order valence-corrected chi connectivity index (χ1v) is 7.95. The molecule has 0 amide bonds. The molecule has 108 valence electrons. The monoisotopic (exact) mass is 338 g/mol. The molecule has 0 bridgehead atoms. The van der Waals surface area contributed by atoms with Crippen LogP contribution in [-0.4, -0.2) is 9.55 Å². The van der Waals surface area contributed by atoms with E-state index < -0.39 is 0 Å². The quantitative estimate of drug-likeness (QED) is 0.565. The number of halogens is 3. The van der Waals surface area contributed by atoms with Gasteiger partial charge in [0.1, 0.15) is 5.82 Å². The summed E-state index contributed by atoms with van der Waals surface area (Å²) in [5.41, 5.74) is 4.03. The molecule has 0 aliphatic heterocycles. The number of hydrogen-bond donors (Lipinski definition) is 0. The SMILES string of the molecule is CCc1ccccc1-n1c(CCl)nc2cc(Cl)c(Cl)cc21. The molecular formula is C16H13Cl3N2. The molecule has 0 aliphatic carbocycles. The zero-order valence-corrected chi connectivity index (χ0v) is 13.7. The zero-order chi connectivity index (χ0) is 15.0. The first kappa shape index (κ1) is 14.7. The van der Waals surface area contributed by atoms with Crippen molar-refractivity contribution in [2.24, 2.45) is 0 Å². The average Bonchev–Trinajstić information content (AvgIpc) is 2.85. The first-order chi connectivity index (χ1) is 10.2. The van der Waals surface area contributed by atoms with E-state index in [-0.39, 0.29) is 0 Å². The van der Waals surface area contributed by atoms with Crippen LogP contribution in [-0.2, 0) is 12.3 Å². The Morgan fingerprint density at radius 2 is 1.81 bits per heavy atom. The summed E-state index contributed by atoms with van der Waals surface area (Å²) in [6.45, 7) is 2.13. The Labute approximate surface area is 138 Å². The van der Waals surface area contributed by atoms with Gasteiger partial charge in [-0.15, -0.1) is 11.6 Å². The van der Waals surface area contributed by atoms with Gasteiger partial charge in [0.05, 0.1) is 32.6 Å². The predicted octanol–water partition coefficient (Wildman–Crippen LogP) is 5.63. The minimum atomic E-state index is 0.321. The minimum Gasteiger partial charge on any atom is -0.295 e. The van der Waals surface area contributed by atoms with Gasteiger partial charge >= 0.3 is 0 Å². The van der Waals surface area contributed by atoms with E-state index >= 15 is 0 Å². The number of imidazole rings is 1. The second-order valence-corrected chi connectivity index (χ2v) is 5.82. The van der Waals surface area contributed by atoms with Crippen LogP contribution in [0.15, 0.2) is 36.4 Å². The van der Waals surface area contributed by atoms with Crippen LogP contribution >= 0.6 is 34.8 Å². The second kappa shape index (κ2) is 5.88. The van der Waals surface area contributed by atoms with Gasteiger partial charge in [-0.25, -0.2) is 4.98 Å². The molecular weight excluding hydrogens is 327 g/mol. The highest BCUT2D eigenvalue weighted by Crippen LogP contribution is 2.31. The zero-order valence-electron chi connectivity index (χ0n) is 11.4. The molecule has 0 saturated carbocycles. The second-order valence-electron chi connectivity index (χ2n) is 4.73. The number of rotatable bonds is 3. The van der Waals surface area contributed by atoms with Gasteiger partial charge in [0.25, 0.3) is 0 Å². The van der Waals surface area contributed by atoms with Gasteiger partial charge in [0.15, 0.2) is 0 Å². The molecule has 0 aliphatic rings. The third-order valence-corrected chi connectivity index (χ3v) is 4.46. The molecule has 0 atom stereocenters. The van der Waals surface area contributed by atoms with E-state index in [2.05, 4.69) is 28.6 Å². The Kier molecular flexibility index (Phi) is 4.12.